The lowest BCUT2D eigenvalue weighted by atomic mass is 10.1. The molecule has 0 fully saturated rings. The molecule has 5 nitrogen and oxygen atoms in total. The number of anilines is 2. The fourth-order valence-electron chi connectivity index (χ4n) is 2.07. The van der Waals surface area contributed by atoms with Crippen molar-refractivity contribution in [2.75, 3.05) is 11.1 Å². The number of aryl methyl sites for hydroxylation is 1. The molecule has 0 radical (unpaired) electrons. The molecule has 0 amide bonds. The van der Waals surface area contributed by atoms with Gasteiger partial charge in [0, 0.05) is 29.5 Å². The topological polar surface area (TPSA) is 81.2 Å². The standard InChI is InChI=1S/C15H17N3O2/c1-10-7-14(9-15(8-10)18(19)20)17-11(2)12-3-5-13(16)6-4-12/h3-9,11,17H,16H2,1-2H3. The second-order valence-corrected chi connectivity index (χ2v) is 4.85. The van der Waals surface area contributed by atoms with Gasteiger partial charge in [0.1, 0.15) is 0 Å². The van der Waals surface area contributed by atoms with Gasteiger partial charge in [0.05, 0.1) is 4.92 Å². The second kappa shape index (κ2) is 5.61. The lowest BCUT2D eigenvalue weighted by molar-refractivity contribution is -0.384. The van der Waals surface area contributed by atoms with E-state index < -0.39 is 0 Å². The highest BCUT2D eigenvalue weighted by Crippen LogP contribution is 2.25. The van der Waals surface area contributed by atoms with E-state index in [-0.39, 0.29) is 16.7 Å². The zero-order chi connectivity index (χ0) is 14.7. The Morgan fingerprint density at radius 1 is 1.20 bits per heavy atom. The van der Waals surface area contributed by atoms with Crippen molar-refractivity contribution in [1.29, 1.82) is 0 Å². The predicted molar refractivity (Wildman–Crippen MR) is 80.7 cm³/mol. The molecule has 0 saturated heterocycles. The molecule has 3 N–H and O–H groups in total. The quantitative estimate of drug-likeness (QED) is 0.505. The van der Waals surface area contributed by atoms with Crippen LogP contribution in [0.5, 0.6) is 0 Å². The molecule has 2 aromatic carbocycles. The molecule has 2 rings (SSSR count). The zero-order valence-corrected chi connectivity index (χ0v) is 11.5. The highest BCUT2D eigenvalue weighted by molar-refractivity contribution is 5.55. The highest BCUT2D eigenvalue weighted by Gasteiger charge is 2.10. The molecule has 0 aromatic heterocycles. The first-order valence-corrected chi connectivity index (χ1v) is 6.34. The van der Waals surface area contributed by atoms with Crippen molar-refractivity contribution < 1.29 is 4.92 Å². The zero-order valence-electron chi connectivity index (χ0n) is 11.5. The number of rotatable bonds is 4. The van der Waals surface area contributed by atoms with Crippen LogP contribution in [0.1, 0.15) is 24.1 Å². The molecule has 0 saturated carbocycles. The van der Waals surface area contributed by atoms with Gasteiger partial charge in [0.2, 0.25) is 0 Å². The fourth-order valence-corrected chi connectivity index (χ4v) is 2.07. The van der Waals surface area contributed by atoms with Crippen molar-refractivity contribution >= 4 is 17.1 Å². The van der Waals surface area contributed by atoms with Crippen LogP contribution in [0.25, 0.3) is 0 Å². The van der Waals surface area contributed by atoms with Gasteiger partial charge in [0.25, 0.3) is 5.69 Å². The normalized spacial score (nSPS) is 11.9. The molecule has 0 bridgehead atoms. The Kier molecular flexibility index (Phi) is 3.89. The van der Waals surface area contributed by atoms with Gasteiger partial charge >= 0.3 is 0 Å². The third kappa shape index (κ3) is 3.26. The number of nitrogens with two attached hydrogens (primary N) is 1. The van der Waals surface area contributed by atoms with Crippen LogP contribution in [0.15, 0.2) is 42.5 Å². The predicted octanol–water partition coefficient (Wildman–Crippen LogP) is 3.66. The molecule has 5 heteroatoms. The van der Waals surface area contributed by atoms with Gasteiger partial charge < -0.3 is 11.1 Å². The lowest BCUT2D eigenvalue weighted by Gasteiger charge is -2.16. The van der Waals surface area contributed by atoms with Crippen LogP contribution in [-0.4, -0.2) is 4.92 Å². The van der Waals surface area contributed by atoms with E-state index in [4.69, 9.17) is 5.73 Å². The van der Waals surface area contributed by atoms with E-state index in [1.54, 1.807) is 12.1 Å². The van der Waals surface area contributed by atoms with Crippen molar-refractivity contribution in [2.45, 2.75) is 19.9 Å². The van der Waals surface area contributed by atoms with Crippen LogP contribution in [-0.2, 0) is 0 Å². The van der Waals surface area contributed by atoms with Crippen LogP contribution in [0.3, 0.4) is 0 Å². The molecule has 0 aliphatic carbocycles. The largest absolute Gasteiger partial charge is 0.399 e. The summed E-state index contributed by atoms with van der Waals surface area (Å²) in [5.74, 6) is 0. The summed E-state index contributed by atoms with van der Waals surface area (Å²) in [5.41, 5.74) is 9.13. The van der Waals surface area contributed by atoms with Crippen LogP contribution < -0.4 is 11.1 Å². The molecule has 20 heavy (non-hydrogen) atoms. The second-order valence-electron chi connectivity index (χ2n) is 4.85. The van der Waals surface area contributed by atoms with E-state index in [0.29, 0.717) is 5.69 Å². The minimum absolute atomic E-state index is 0.0389. The number of benzene rings is 2. The minimum Gasteiger partial charge on any atom is -0.399 e. The molecule has 104 valence electrons. The number of hydrogen-bond donors (Lipinski definition) is 2. The summed E-state index contributed by atoms with van der Waals surface area (Å²) in [6.45, 7) is 3.84. The number of hydrogen-bond acceptors (Lipinski definition) is 4. The van der Waals surface area contributed by atoms with Gasteiger partial charge in [-0.2, -0.15) is 0 Å². The van der Waals surface area contributed by atoms with Crippen molar-refractivity contribution in [2.24, 2.45) is 0 Å². The summed E-state index contributed by atoms with van der Waals surface area (Å²) in [4.78, 5) is 10.5. The molecule has 0 spiro atoms. The van der Waals surface area contributed by atoms with Gasteiger partial charge in [0.15, 0.2) is 0 Å². The molecule has 0 aliphatic heterocycles. The lowest BCUT2D eigenvalue weighted by Crippen LogP contribution is -2.07. The van der Waals surface area contributed by atoms with Gasteiger partial charge in [-0.1, -0.05) is 12.1 Å². The number of nitrogen functional groups attached to an aromatic ring is 1. The highest BCUT2D eigenvalue weighted by atomic mass is 16.6. The third-order valence-corrected chi connectivity index (χ3v) is 3.09. The van der Waals surface area contributed by atoms with Crippen LogP contribution in [0.4, 0.5) is 17.1 Å². The Bertz CT molecular complexity index is 624. The van der Waals surface area contributed by atoms with E-state index >= 15 is 0 Å². The Morgan fingerprint density at radius 3 is 2.45 bits per heavy atom. The number of nitrogens with one attached hydrogen (secondary N) is 1. The Balaban J connectivity index is 2.21. The first-order valence-electron chi connectivity index (χ1n) is 6.34. The number of nitro benzene ring substituents is 1. The molecule has 1 unspecified atom stereocenters. The average molecular weight is 271 g/mol. The maximum Gasteiger partial charge on any atom is 0.271 e. The SMILES string of the molecule is Cc1cc(NC(C)c2ccc(N)cc2)cc([N+](=O)[O-])c1. The molecular weight excluding hydrogens is 254 g/mol. The third-order valence-electron chi connectivity index (χ3n) is 3.09. The molecule has 2 aromatic rings. The van der Waals surface area contributed by atoms with E-state index in [9.17, 15) is 10.1 Å². The van der Waals surface area contributed by atoms with Gasteiger partial charge in [-0.05, 0) is 43.2 Å². The number of nitrogens with zero attached hydrogens (tertiary/aromatic N) is 1. The maximum absolute atomic E-state index is 10.9. The smallest absolute Gasteiger partial charge is 0.271 e. The first-order chi connectivity index (χ1) is 9.45. The molecule has 0 heterocycles. The van der Waals surface area contributed by atoms with Crippen LogP contribution >= 0.6 is 0 Å². The Labute approximate surface area is 117 Å². The first kappa shape index (κ1) is 13.9. The summed E-state index contributed by atoms with van der Waals surface area (Å²) in [7, 11) is 0. The summed E-state index contributed by atoms with van der Waals surface area (Å²) in [6, 6.07) is 12.6. The summed E-state index contributed by atoms with van der Waals surface area (Å²) in [6.07, 6.45) is 0. The summed E-state index contributed by atoms with van der Waals surface area (Å²) < 4.78 is 0. The average Bonchev–Trinajstić information content (AvgIpc) is 2.38. The number of non-ortho nitro benzene ring substituents is 1. The van der Waals surface area contributed by atoms with Gasteiger partial charge in [-0.25, -0.2) is 0 Å². The molecule has 1 atom stereocenters. The summed E-state index contributed by atoms with van der Waals surface area (Å²) in [5, 5.41) is 14.1. The van der Waals surface area contributed by atoms with E-state index in [0.717, 1.165) is 16.8 Å². The van der Waals surface area contributed by atoms with E-state index in [1.807, 2.05) is 44.2 Å². The van der Waals surface area contributed by atoms with Gasteiger partial charge in [-0.3, -0.25) is 10.1 Å². The maximum atomic E-state index is 10.9. The van der Waals surface area contributed by atoms with Crippen LogP contribution in [0.2, 0.25) is 0 Å². The van der Waals surface area contributed by atoms with Crippen molar-refractivity contribution in [3.63, 3.8) is 0 Å². The Hall–Kier alpha value is -2.56. The van der Waals surface area contributed by atoms with Crippen molar-refractivity contribution in [3.05, 3.63) is 63.7 Å². The molecular formula is C15H17N3O2. The number of nitro groups is 1. The Morgan fingerprint density at radius 2 is 1.85 bits per heavy atom. The monoisotopic (exact) mass is 271 g/mol. The molecule has 0 aliphatic rings. The fraction of sp³-hybridized carbons (Fsp3) is 0.200. The van der Waals surface area contributed by atoms with Gasteiger partial charge in [-0.15, -0.1) is 0 Å². The van der Waals surface area contributed by atoms with Crippen LogP contribution in [0, 0.1) is 17.0 Å². The van der Waals surface area contributed by atoms with Crippen molar-refractivity contribution in [1.82, 2.24) is 0 Å². The summed E-state index contributed by atoms with van der Waals surface area (Å²) >= 11 is 0. The minimum atomic E-state index is -0.383. The van der Waals surface area contributed by atoms with E-state index in [2.05, 4.69) is 5.32 Å². The van der Waals surface area contributed by atoms with Crippen molar-refractivity contribution in [3.8, 4) is 0 Å². The van der Waals surface area contributed by atoms with E-state index in [1.165, 1.54) is 0 Å².